The lowest BCUT2D eigenvalue weighted by Gasteiger charge is -2.40. The summed E-state index contributed by atoms with van der Waals surface area (Å²) >= 11 is 0. The number of rotatable bonds is 7. The SMILES string of the molecule is CO[C@@H]1COCC[C@@H]1N[C@@H]1CC[C@](Cc2cccnc2)(C(=O)N2CCN(c3cc(C(F)(F)F)ccn3)CC2)C1. The fourth-order valence-electron chi connectivity index (χ4n) is 6.27. The first-order valence-corrected chi connectivity index (χ1v) is 13.6. The molecule has 0 radical (unpaired) electrons. The number of carbonyl (C=O) groups excluding carboxylic acids is 1. The van der Waals surface area contributed by atoms with Crippen molar-refractivity contribution in [2.75, 3.05) is 51.4 Å². The number of alkyl halides is 3. The van der Waals surface area contributed by atoms with Crippen LogP contribution in [0.2, 0.25) is 0 Å². The molecule has 4 atom stereocenters. The number of anilines is 1. The van der Waals surface area contributed by atoms with Gasteiger partial charge in [-0.15, -0.1) is 0 Å². The van der Waals surface area contributed by atoms with Gasteiger partial charge >= 0.3 is 6.18 Å². The van der Waals surface area contributed by atoms with E-state index in [0.29, 0.717) is 52.2 Å². The minimum absolute atomic E-state index is 0.0136. The molecule has 8 nitrogen and oxygen atoms in total. The van der Waals surface area contributed by atoms with E-state index in [9.17, 15) is 18.0 Å². The maximum atomic E-state index is 14.2. The van der Waals surface area contributed by atoms with Crippen LogP contribution in [-0.2, 0) is 26.9 Å². The van der Waals surface area contributed by atoms with Crippen molar-refractivity contribution >= 4 is 11.7 Å². The molecule has 212 valence electrons. The molecular formula is C28H36F3N5O3. The van der Waals surface area contributed by atoms with Crippen molar-refractivity contribution < 1.29 is 27.4 Å². The van der Waals surface area contributed by atoms with Crippen LogP contribution in [0.4, 0.5) is 19.0 Å². The van der Waals surface area contributed by atoms with Crippen molar-refractivity contribution in [1.29, 1.82) is 0 Å². The number of pyridine rings is 2. The standard InChI is InChI=1S/C28H36F3N5O3/c1-38-24-19-39-14-6-23(24)34-22-4-7-27(17-22,16-20-3-2-8-32-18-20)26(37)36-12-10-35(11-13-36)25-15-21(5-9-33-25)28(29,30)31/h2-3,5,8-9,15,18,22-24,34H,4,6-7,10-14,16-17,19H2,1H3/t22-,23+,24-,27-/m1/s1. The zero-order chi connectivity index (χ0) is 27.5. The van der Waals surface area contributed by atoms with Gasteiger partial charge in [0.1, 0.15) is 5.82 Å². The number of nitrogens with zero attached hydrogens (tertiary/aromatic N) is 4. The summed E-state index contributed by atoms with van der Waals surface area (Å²) in [6, 6.07) is 6.33. The molecule has 11 heteroatoms. The zero-order valence-corrected chi connectivity index (χ0v) is 22.2. The van der Waals surface area contributed by atoms with Crippen molar-refractivity contribution in [2.45, 2.75) is 56.5 Å². The molecule has 5 rings (SSSR count). The van der Waals surface area contributed by atoms with Crippen LogP contribution in [-0.4, -0.2) is 85.5 Å². The van der Waals surface area contributed by atoms with Crippen molar-refractivity contribution in [3.8, 4) is 0 Å². The molecule has 0 spiro atoms. The van der Waals surface area contributed by atoms with Crippen LogP contribution in [0.3, 0.4) is 0 Å². The monoisotopic (exact) mass is 547 g/mol. The summed E-state index contributed by atoms with van der Waals surface area (Å²) in [5.74, 6) is 0.402. The first-order chi connectivity index (χ1) is 18.8. The van der Waals surface area contributed by atoms with E-state index < -0.39 is 17.2 Å². The second-order valence-corrected chi connectivity index (χ2v) is 10.8. The van der Waals surface area contributed by atoms with Crippen LogP contribution in [0.5, 0.6) is 0 Å². The molecular weight excluding hydrogens is 511 g/mol. The number of piperazine rings is 1. The van der Waals surface area contributed by atoms with E-state index in [4.69, 9.17) is 9.47 Å². The normalized spacial score (nSPS) is 28.1. The molecule has 2 aromatic rings. The van der Waals surface area contributed by atoms with Gasteiger partial charge in [0.2, 0.25) is 5.91 Å². The third kappa shape index (κ3) is 6.36. The van der Waals surface area contributed by atoms with E-state index in [2.05, 4.69) is 15.3 Å². The average Bonchev–Trinajstić information content (AvgIpc) is 3.36. The average molecular weight is 548 g/mol. The fourth-order valence-corrected chi connectivity index (χ4v) is 6.27. The lowest BCUT2D eigenvalue weighted by Crippen LogP contribution is -2.54. The van der Waals surface area contributed by atoms with Crippen LogP contribution < -0.4 is 10.2 Å². The Kier molecular flexibility index (Phi) is 8.39. The zero-order valence-electron chi connectivity index (χ0n) is 22.2. The van der Waals surface area contributed by atoms with Crippen LogP contribution in [0.1, 0.15) is 36.8 Å². The lowest BCUT2D eigenvalue weighted by molar-refractivity contribution is -0.142. The Morgan fingerprint density at radius 1 is 1.21 bits per heavy atom. The quantitative estimate of drug-likeness (QED) is 0.570. The Morgan fingerprint density at radius 3 is 2.74 bits per heavy atom. The molecule has 0 bridgehead atoms. The van der Waals surface area contributed by atoms with Crippen molar-refractivity contribution in [2.24, 2.45) is 5.41 Å². The summed E-state index contributed by atoms with van der Waals surface area (Å²) in [6.45, 7) is 3.00. The highest BCUT2D eigenvalue weighted by Crippen LogP contribution is 2.43. The molecule has 0 unspecified atom stereocenters. The topological polar surface area (TPSA) is 79.8 Å². The molecule has 2 aliphatic heterocycles. The van der Waals surface area contributed by atoms with Gasteiger partial charge in [0.25, 0.3) is 0 Å². The molecule has 1 N–H and O–H groups in total. The number of aromatic nitrogens is 2. The van der Waals surface area contributed by atoms with Crippen molar-refractivity contribution in [3.63, 3.8) is 0 Å². The number of ether oxygens (including phenoxy) is 2. The number of hydrogen-bond donors (Lipinski definition) is 1. The first kappa shape index (κ1) is 27.8. The van der Waals surface area contributed by atoms with Crippen LogP contribution in [0.25, 0.3) is 0 Å². The van der Waals surface area contributed by atoms with Gasteiger partial charge in [0.15, 0.2) is 0 Å². The summed E-state index contributed by atoms with van der Waals surface area (Å²) in [6.07, 6.45) is 4.14. The fraction of sp³-hybridized carbons (Fsp3) is 0.607. The van der Waals surface area contributed by atoms with E-state index in [1.165, 1.54) is 6.20 Å². The Balaban J connectivity index is 1.28. The molecule has 1 saturated carbocycles. The molecule has 3 aliphatic rings. The second kappa shape index (κ2) is 11.8. The summed E-state index contributed by atoms with van der Waals surface area (Å²) in [7, 11) is 1.70. The highest BCUT2D eigenvalue weighted by atomic mass is 19.4. The van der Waals surface area contributed by atoms with Gasteiger partial charge in [-0.2, -0.15) is 13.2 Å². The van der Waals surface area contributed by atoms with Gasteiger partial charge in [-0.1, -0.05) is 6.07 Å². The molecule has 39 heavy (non-hydrogen) atoms. The van der Waals surface area contributed by atoms with Gasteiger partial charge < -0.3 is 24.6 Å². The van der Waals surface area contributed by atoms with Gasteiger partial charge in [-0.3, -0.25) is 9.78 Å². The molecule has 0 aromatic carbocycles. The molecule has 3 fully saturated rings. The lowest BCUT2D eigenvalue weighted by atomic mass is 9.78. The highest BCUT2D eigenvalue weighted by molar-refractivity contribution is 5.84. The van der Waals surface area contributed by atoms with Crippen molar-refractivity contribution in [1.82, 2.24) is 20.2 Å². The smallest absolute Gasteiger partial charge is 0.379 e. The van der Waals surface area contributed by atoms with Gasteiger partial charge in [0.05, 0.1) is 23.7 Å². The van der Waals surface area contributed by atoms with Crippen LogP contribution in [0.15, 0.2) is 42.9 Å². The third-order valence-corrected chi connectivity index (χ3v) is 8.35. The van der Waals surface area contributed by atoms with E-state index in [1.54, 1.807) is 13.3 Å². The Bertz CT molecular complexity index is 1110. The largest absolute Gasteiger partial charge is 0.416 e. The van der Waals surface area contributed by atoms with Crippen LogP contribution in [0, 0.1) is 5.41 Å². The molecule has 2 aromatic heterocycles. The number of hydrogen-bond acceptors (Lipinski definition) is 7. The minimum Gasteiger partial charge on any atom is -0.379 e. The van der Waals surface area contributed by atoms with E-state index >= 15 is 0 Å². The molecule has 1 amide bonds. The minimum atomic E-state index is -4.42. The summed E-state index contributed by atoms with van der Waals surface area (Å²) < 4.78 is 50.8. The van der Waals surface area contributed by atoms with E-state index in [-0.39, 0.29) is 29.9 Å². The number of carbonyl (C=O) groups is 1. The Hall–Kier alpha value is -2.76. The predicted molar refractivity (Wildman–Crippen MR) is 139 cm³/mol. The Morgan fingerprint density at radius 2 is 2.03 bits per heavy atom. The van der Waals surface area contributed by atoms with E-state index in [1.807, 2.05) is 28.1 Å². The summed E-state index contributed by atoms with van der Waals surface area (Å²) in [4.78, 5) is 26.3. The van der Waals surface area contributed by atoms with Crippen molar-refractivity contribution in [3.05, 3.63) is 54.0 Å². The first-order valence-electron chi connectivity index (χ1n) is 13.6. The predicted octanol–water partition coefficient (Wildman–Crippen LogP) is 3.32. The number of methoxy groups -OCH3 is 1. The molecule has 1 aliphatic carbocycles. The molecule has 2 saturated heterocycles. The summed E-state index contributed by atoms with van der Waals surface area (Å²) in [5.41, 5.74) is -0.254. The van der Waals surface area contributed by atoms with Crippen LogP contribution >= 0.6 is 0 Å². The number of halogens is 3. The maximum Gasteiger partial charge on any atom is 0.416 e. The summed E-state index contributed by atoms with van der Waals surface area (Å²) in [5, 5.41) is 3.76. The van der Waals surface area contributed by atoms with Gasteiger partial charge in [-0.05, 0) is 55.9 Å². The third-order valence-electron chi connectivity index (χ3n) is 8.35. The number of nitrogens with one attached hydrogen (secondary N) is 1. The maximum absolute atomic E-state index is 14.2. The highest BCUT2D eigenvalue weighted by Gasteiger charge is 2.48. The molecule has 4 heterocycles. The second-order valence-electron chi connectivity index (χ2n) is 10.8. The van der Waals surface area contributed by atoms with E-state index in [0.717, 1.165) is 37.0 Å². The van der Waals surface area contributed by atoms with Gasteiger partial charge in [-0.25, -0.2) is 4.98 Å². The van der Waals surface area contributed by atoms with Gasteiger partial charge in [0, 0.05) is 70.6 Å². The Labute approximate surface area is 226 Å². The number of amides is 1.